The zero-order valence-electron chi connectivity index (χ0n) is 11.1. The van der Waals surface area contributed by atoms with Gasteiger partial charge in [0.15, 0.2) is 0 Å². The maximum atomic E-state index is 11.8. The maximum Gasteiger partial charge on any atom is 0.251 e. The Hall–Kier alpha value is -2.10. The van der Waals surface area contributed by atoms with E-state index in [1.54, 1.807) is 6.33 Å². The molecule has 2 aromatic rings. The summed E-state index contributed by atoms with van der Waals surface area (Å²) in [6.07, 6.45) is 4.67. The quantitative estimate of drug-likeness (QED) is 0.781. The highest BCUT2D eigenvalue weighted by Crippen LogP contribution is 2.05. The zero-order chi connectivity index (χ0) is 13.5. The number of aryl methyl sites for hydroxylation is 2. The molecule has 4 heteroatoms. The molecule has 0 saturated heterocycles. The summed E-state index contributed by atoms with van der Waals surface area (Å²) in [5, 5.41) is 2.93. The van der Waals surface area contributed by atoms with E-state index in [-0.39, 0.29) is 5.91 Å². The van der Waals surface area contributed by atoms with Crippen LogP contribution < -0.4 is 5.32 Å². The molecule has 0 unspecified atom stereocenters. The van der Waals surface area contributed by atoms with Gasteiger partial charge in [0.2, 0.25) is 0 Å². The summed E-state index contributed by atoms with van der Waals surface area (Å²) in [4.78, 5) is 19.1. The predicted molar refractivity (Wildman–Crippen MR) is 75.0 cm³/mol. The average Bonchev–Trinajstić information content (AvgIpc) is 2.85. The zero-order valence-corrected chi connectivity index (χ0v) is 11.1. The van der Waals surface area contributed by atoms with E-state index in [0.29, 0.717) is 12.1 Å². The number of rotatable bonds is 6. The van der Waals surface area contributed by atoms with Gasteiger partial charge in [0, 0.05) is 17.8 Å². The molecular weight excluding hydrogens is 238 g/mol. The fraction of sp³-hybridized carbons (Fsp3) is 0.333. The molecule has 100 valence electrons. The van der Waals surface area contributed by atoms with Gasteiger partial charge in [0.25, 0.3) is 5.91 Å². The maximum absolute atomic E-state index is 11.8. The molecule has 19 heavy (non-hydrogen) atoms. The Morgan fingerprint density at radius 1 is 1.26 bits per heavy atom. The van der Waals surface area contributed by atoms with Crippen molar-refractivity contribution in [3.05, 3.63) is 53.6 Å². The monoisotopic (exact) mass is 257 g/mol. The molecule has 0 aliphatic rings. The third kappa shape index (κ3) is 3.95. The Labute approximate surface area is 113 Å². The van der Waals surface area contributed by atoms with Crippen molar-refractivity contribution < 1.29 is 4.79 Å². The van der Waals surface area contributed by atoms with Crippen LogP contribution in [0.3, 0.4) is 0 Å². The van der Waals surface area contributed by atoms with Gasteiger partial charge in [0.05, 0.1) is 12.0 Å². The number of hydrogen-bond acceptors (Lipinski definition) is 2. The van der Waals surface area contributed by atoms with Crippen LogP contribution in [0.4, 0.5) is 0 Å². The van der Waals surface area contributed by atoms with Gasteiger partial charge in [-0.25, -0.2) is 4.98 Å². The Bertz CT molecular complexity index is 519. The molecule has 0 bridgehead atoms. The lowest BCUT2D eigenvalue weighted by Crippen LogP contribution is -2.24. The van der Waals surface area contributed by atoms with E-state index >= 15 is 0 Å². The third-order valence-electron chi connectivity index (χ3n) is 3.10. The smallest absolute Gasteiger partial charge is 0.251 e. The second-order valence-electron chi connectivity index (χ2n) is 4.55. The minimum atomic E-state index is -0.00319. The molecule has 0 aliphatic heterocycles. The van der Waals surface area contributed by atoms with Gasteiger partial charge in [-0.2, -0.15) is 0 Å². The average molecular weight is 257 g/mol. The van der Waals surface area contributed by atoms with Crippen LogP contribution >= 0.6 is 0 Å². The summed E-state index contributed by atoms with van der Waals surface area (Å²) < 4.78 is 0. The standard InChI is InChI=1S/C15H19N3O/c1-12-14(18-11-17-12)9-5-6-10-16-15(19)13-7-3-2-4-8-13/h2-4,7-8,11H,5-6,9-10H2,1H3,(H,16,19)(H,17,18). The highest BCUT2D eigenvalue weighted by Gasteiger charge is 2.03. The summed E-state index contributed by atoms with van der Waals surface area (Å²) in [6.45, 7) is 2.73. The molecule has 1 aromatic carbocycles. The molecule has 2 N–H and O–H groups in total. The number of amides is 1. The van der Waals surface area contributed by atoms with E-state index in [0.717, 1.165) is 30.7 Å². The van der Waals surface area contributed by atoms with Gasteiger partial charge in [-0.1, -0.05) is 18.2 Å². The minimum Gasteiger partial charge on any atom is -0.352 e. The lowest BCUT2D eigenvalue weighted by Gasteiger charge is -2.04. The lowest BCUT2D eigenvalue weighted by atomic mass is 10.1. The van der Waals surface area contributed by atoms with Gasteiger partial charge >= 0.3 is 0 Å². The molecule has 1 amide bonds. The first-order chi connectivity index (χ1) is 9.27. The van der Waals surface area contributed by atoms with Gasteiger partial charge in [-0.15, -0.1) is 0 Å². The first kappa shape index (κ1) is 13.3. The van der Waals surface area contributed by atoms with E-state index < -0.39 is 0 Å². The lowest BCUT2D eigenvalue weighted by molar-refractivity contribution is 0.0953. The van der Waals surface area contributed by atoms with E-state index in [1.165, 1.54) is 0 Å². The number of aromatic amines is 1. The van der Waals surface area contributed by atoms with E-state index in [1.807, 2.05) is 37.3 Å². The molecule has 0 spiro atoms. The van der Waals surface area contributed by atoms with Gasteiger partial charge in [-0.05, 0) is 38.3 Å². The SMILES string of the molecule is Cc1[nH]cnc1CCCCNC(=O)c1ccccc1. The summed E-state index contributed by atoms with van der Waals surface area (Å²) >= 11 is 0. The molecule has 0 atom stereocenters. The number of benzene rings is 1. The van der Waals surface area contributed by atoms with Gasteiger partial charge < -0.3 is 10.3 Å². The van der Waals surface area contributed by atoms with Crippen molar-refractivity contribution >= 4 is 5.91 Å². The normalized spacial score (nSPS) is 10.4. The summed E-state index contributed by atoms with van der Waals surface area (Å²) in [5.41, 5.74) is 2.97. The molecule has 2 rings (SSSR count). The number of imidazole rings is 1. The second-order valence-corrected chi connectivity index (χ2v) is 4.55. The predicted octanol–water partition coefficient (Wildman–Crippen LogP) is 2.47. The van der Waals surface area contributed by atoms with Crippen LogP contribution in [-0.2, 0) is 6.42 Å². The third-order valence-corrected chi connectivity index (χ3v) is 3.10. The van der Waals surface area contributed by atoms with Crippen molar-refractivity contribution in [1.29, 1.82) is 0 Å². The van der Waals surface area contributed by atoms with Crippen molar-refractivity contribution in [2.75, 3.05) is 6.54 Å². The second kappa shape index (κ2) is 6.73. The number of aromatic nitrogens is 2. The molecule has 0 radical (unpaired) electrons. The van der Waals surface area contributed by atoms with Gasteiger partial charge in [-0.3, -0.25) is 4.79 Å². The first-order valence-electron chi connectivity index (χ1n) is 6.59. The van der Waals surface area contributed by atoms with Crippen LogP contribution in [0, 0.1) is 6.92 Å². The first-order valence-corrected chi connectivity index (χ1v) is 6.59. The number of carbonyl (C=O) groups is 1. The van der Waals surface area contributed by atoms with Crippen molar-refractivity contribution in [3.63, 3.8) is 0 Å². The van der Waals surface area contributed by atoms with E-state index in [4.69, 9.17) is 0 Å². The number of unbranched alkanes of at least 4 members (excludes halogenated alkanes) is 1. The summed E-state index contributed by atoms with van der Waals surface area (Å²) in [7, 11) is 0. The fourth-order valence-corrected chi connectivity index (χ4v) is 1.95. The largest absolute Gasteiger partial charge is 0.352 e. The van der Waals surface area contributed by atoms with Crippen molar-refractivity contribution in [2.24, 2.45) is 0 Å². The van der Waals surface area contributed by atoms with Crippen LogP contribution in [0.5, 0.6) is 0 Å². The Kier molecular flexibility index (Phi) is 4.72. The van der Waals surface area contributed by atoms with Crippen LogP contribution in [0.2, 0.25) is 0 Å². The number of hydrogen-bond donors (Lipinski definition) is 2. The molecule has 1 heterocycles. The summed E-state index contributed by atoms with van der Waals surface area (Å²) in [5.74, 6) is -0.00319. The minimum absolute atomic E-state index is 0.00319. The Balaban J connectivity index is 1.65. The molecule has 0 aliphatic carbocycles. The highest BCUT2D eigenvalue weighted by molar-refractivity contribution is 5.94. The molecule has 0 saturated carbocycles. The Morgan fingerprint density at radius 2 is 2.05 bits per heavy atom. The van der Waals surface area contributed by atoms with Gasteiger partial charge in [0.1, 0.15) is 0 Å². The van der Waals surface area contributed by atoms with Crippen LogP contribution in [0.1, 0.15) is 34.6 Å². The molecule has 1 aromatic heterocycles. The van der Waals surface area contributed by atoms with Crippen molar-refractivity contribution in [2.45, 2.75) is 26.2 Å². The highest BCUT2D eigenvalue weighted by atomic mass is 16.1. The number of nitrogens with zero attached hydrogens (tertiary/aromatic N) is 1. The van der Waals surface area contributed by atoms with Crippen LogP contribution in [-0.4, -0.2) is 22.4 Å². The fourth-order valence-electron chi connectivity index (χ4n) is 1.95. The van der Waals surface area contributed by atoms with E-state index in [2.05, 4.69) is 15.3 Å². The van der Waals surface area contributed by atoms with Crippen molar-refractivity contribution in [3.8, 4) is 0 Å². The van der Waals surface area contributed by atoms with Crippen LogP contribution in [0.15, 0.2) is 36.7 Å². The molecule has 0 fully saturated rings. The number of nitrogens with one attached hydrogen (secondary N) is 2. The molecular formula is C15H19N3O. The molecule has 4 nitrogen and oxygen atoms in total. The number of H-pyrrole nitrogens is 1. The topological polar surface area (TPSA) is 57.8 Å². The van der Waals surface area contributed by atoms with E-state index in [9.17, 15) is 4.79 Å². The van der Waals surface area contributed by atoms with Crippen molar-refractivity contribution in [1.82, 2.24) is 15.3 Å². The number of carbonyl (C=O) groups excluding carboxylic acids is 1. The van der Waals surface area contributed by atoms with Crippen LogP contribution in [0.25, 0.3) is 0 Å². The summed E-state index contributed by atoms with van der Waals surface area (Å²) in [6, 6.07) is 9.29. The Morgan fingerprint density at radius 3 is 2.74 bits per heavy atom.